The van der Waals surface area contributed by atoms with Gasteiger partial charge in [-0.1, -0.05) is 12.1 Å². The van der Waals surface area contributed by atoms with Crippen LogP contribution in [-0.4, -0.2) is 9.97 Å². The lowest BCUT2D eigenvalue weighted by atomic mass is 10.2. The molecular formula is C14H8F3N3. The Balaban J connectivity index is 2.14. The van der Waals surface area contributed by atoms with E-state index in [1.54, 1.807) is 6.07 Å². The van der Waals surface area contributed by atoms with E-state index in [2.05, 4.69) is 15.3 Å². The number of hydrogen-bond donors (Lipinski definition) is 1. The van der Waals surface area contributed by atoms with Crippen LogP contribution in [0.3, 0.4) is 0 Å². The lowest BCUT2D eigenvalue weighted by molar-refractivity contribution is 0.590. The minimum atomic E-state index is -0.756. The lowest BCUT2D eigenvalue weighted by Gasteiger charge is -2.10. The highest BCUT2D eigenvalue weighted by atomic mass is 19.1. The molecule has 1 N–H and O–H groups in total. The van der Waals surface area contributed by atoms with Gasteiger partial charge in [-0.2, -0.15) is 0 Å². The van der Waals surface area contributed by atoms with Crippen LogP contribution in [0.1, 0.15) is 0 Å². The van der Waals surface area contributed by atoms with Crippen molar-refractivity contribution in [1.29, 1.82) is 0 Å². The fourth-order valence-electron chi connectivity index (χ4n) is 1.89. The summed E-state index contributed by atoms with van der Waals surface area (Å²) < 4.78 is 40.8. The highest BCUT2D eigenvalue weighted by Crippen LogP contribution is 2.27. The molecule has 3 nitrogen and oxygen atoms in total. The van der Waals surface area contributed by atoms with Gasteiger partial charge >= 0.3 is 0 Å². The first-order valence-corrected chi connectivity index (χ1v) is 5.77. The van der Waals surface area contributed by atoms with E-state index < -0.39 is 17.5 Å². The van der Waals surface area contributed by atoms with E-state index >= 15 is 0 Å². The van der Waals surface area contributed by atoms with Crippen LogP contribution in [0.2, 0.25) is 0 Å². The fourth-order valence-corrected chi connectivity index (χ4v) is 1.89. The standard InChI is InChI=1S/C14H8F3N3/c15-9-4-1-3-8-12(9)18-7-19-14(8)20-13-10(16)5-2-6-11(13)17/h1-7H,(H,18,19,20). The Bertz CT molecular complexity index is 769. The van der Waals surface area contributed by atoms with E-state index in [4.69, 9.17) is 0 Å². The maximum absolute atomic E-state index is 13.6. The molecule has 1 heterocycles. The smallest absolute Gasteiger partial charge is 0.149 e. The minimum absolute atomic E-state index is 0.0850. The molecular weight excluding hydrogens is 267 g/mol. The molecule has 0 unspecified atom stereocenters. The molecule has 0 bridgehead atoms. The van der Waals surface area contributed by atoms with Crippen LogP contribution >= 0.6 is 0 Å². The number of hydrogen-bond acceptors (Lipinski definition) is 3. The maximum atomic E-state index is 13.6. The molecule has 0 aliphatic rings. The van der Waals surface area contributed by atoms with Crippen molar-refractivity contribution in [2.75, 3.05) is 5.32 Å². The summed E-state index contributed by atoms with van der Waals surface area (Å²) >= 11 is 0. The van der Waals surface area contributed by atoms with Crippen LogP contribution in [0.5, 0.6) is 0 Å². The van der Waals surface area contributed by atoms with Crippen molar-refractivity contribution in [2.24, 2.45) is 0 Å². The summed E-state index contributed by atoms with van der Waals surface area (Å²) in [7, 11) is 0. The largest absolute Gasteiger partial charge is 0.335 e. The van der Waals surface area contributed by atoms with Gasteiger partial charge in [-0.25, -0.2) is 23.1 Å². The molecule has 6 heteroatoms. The Morgan fingerprint density at radius 2 is 1.45 bits per heavy atom. The Morgan fingerprint density at radius 1 is 0.800 bits per heavy atom. The Kier molecular flexibility index (Phi) is 2.98. The third-order valence-corrected chi connectivity index (χ3v) is 2.82. The third-order valence-electron chi connectivity index (χ3n) is 2.82. The van der Waals surface area contributed by atoms with Crippen molar-refractivity contribution in [3.8, 4) is 0 Å². The molecule has 0 atom stereocenters. The van der Waals surface area contributed by atoms with E-state index in [-0.39, 0.29) is 17.0 Å². The second-order valence-corrected chi connectivity index (χ2v) is 4.08. The Hall–Kier alpha value is -2.63. The zero-order valence-corrected chi connectivity index (χ0v) is 10.1. The first kappa shape index (κ1) is 12.4. The zero-order valence-electron chi connectivity index (χ0n) is 10.1. The molecule has 1 aromatic heterocycles. The number of nitrogens with one attached hydrogen (secondary N) is 1. The first-order chi connectivity index (χ1) is 9.66. The SMILES string of the molecule is Fc1cccc(F)c1Nc1ncnc2c(F)cccc12. The molecule has 0 saturated carbocycles. The first-order valence-electron chi connectivity index (χ1n) is 5.77. The van der Waals surface area contributed by atoms with Crippen LogP contribution in [0, 0.1) is 17.5 Å². The fraction of sp³-hybridized carbons (Fsp3) is 0. The molecule has 0 amide bonds. The molecule has 0 spiro atoms. The van der Waals surface area contributed by atoms with Crippen molar-refractivity contribution in [2.45, 2.75) is 0 Å². The van der Waals surface area contributed by atoms with Gasteiger partial charge < -0.3 is 5.32 Å². The molecule has 0 radical (unpaired) electrons. The average Bonchev–Trinajstić information content (AvgIpc) is 2.44. The quantitative estimate of drug-likeness (QED) is 0.773. The van der Waals surface area contributed by atoms with E-state index in [1.165, 1.54) is 18.2 Å². The van der Waals surface area contributed by atoms with Gasteiger partial charge in [0.25, 0.3) is 0 Å². The second-order valence-electron chi connectivity index (χ2n) is 4.08. The monoisotopic (exact) mass is 275 g/mol. The number of para-hydroxylation sites is 2. The van der Waals surface area contributed by atoms with Crippen molar-refractivity contribution < 1.29 is 13.2 Å². The molecule has 0 aliphatic carbocycles. The molecule has 3 rings (SSSR count). The number of benzene rings is 2. The summed E-state index contributed by atoms with van der Waals surface area (Å²) in [5.74, 6) is -1.90. The summed E-state index contributed by atoms with van der Waals surface area (Å²) in [6.07, 6.45) is 1.13. The number of fused-ring (bicyclic) bond motifs is 1. The number of aromatic nitrogens is 2. The molecule has 0 saturated heterocycles. The van der Waals surface area contributed by atoms with Gasteiger partial charge in [0, 0.05) is 5.39 Å². The highest BCUT2D eigenvalue weighted by molar-refractivity contribution is 5.90. The molecule has 100 valence electrons. The second kappa shape index (κ2) is 4.80. The van der Waals surface area contributed by atoms with E-state index in [9.17, 15) is 13.2 Å². The highest BCUT2D eigenvalue weighted by Gasteiger charge is 2.12. The lowest BCUT2D eigenvalue weighted by Crippen LogP contribution is -2.01. The van der Waals surface area contributed by atoms with Gasteiger partial charge in [-0.3, -0.25) is 0 Å². The predicted octanol–water partition coefficient (Wildman–Crippen LogP) is 3.79. The van der Waals surface area contributed by atoms with Crippen LogP contribution < -0.4 is 5.32 Å². The number of nitrogens with zero attached hydrogens (tertiary/aromatic N) is 2. The summed E-state index contributed by atoms with van der Waals surface area (Å²) in [6.45, 7) is 0. The summed E-state index contributed by atoms with van der Waals surface area (Å²) in [5.41, 5.74) is -0.251. The van der Waals surface area contributed by atoms with E-state index in [0.717, 1.165) is 18.5 Å². The Morgan fingerprint density at radius 3 is 2.20 bits per heavy atom. The minimum Gasteiger partial charge on any atom is -0.335 e. The topological polar surface area (TPSA) is 37.8 Å². The molecule has 0 aliphatic heterocycles. The molecule has 2 aromatic carbocycles. The van der Waals surface area contributed by atoms with Gasteiger partial charge in [0.05, 0.1) is 0 Å². The van der Waals surface area contributed by atoms with Crippen LogP contribution in [0.25, 0.3) is 10.9 Å². The van der Waals surface area contributed by atoms with Crippen molar-refractivity contribution >= 4 is 22.4 Å². The summed E-state index contributed by atoms with van der Waals surface area (Å²) in [6, 6.07) is 7.80. The van der Waals surface area contributed by atoms with E-state index in [1.807, 2.05) is 0 Å². The maximum Gasteiger partial charge on any atom is 0.149 e. The molecule has 0 fully saturated rings. The average molecular weight is 275 g/mol. The third kappa shape index (κ3) is 2.05. The normalized spacial score (nSPS) is 10.8. The number of halogens is 3. The molecule has 3 aromatic rings. The number of anilines is 2. The summed E-state index contributed by atoms with van der Waals surface area (Å²) in [4.78, 5) is 7.72. The van der Waals surface area contributed by atoms with Gasteiger partial charge in [0.2, 0.25) is 0 Å². The van der Waals surface area contributed by atoms with Crippen molar-refractivity contribution in [3.63, 3.8) is 0 Å². The Labute approximate surface area is 112 Å². The van der Waals surface area contributed by atoms with Crippen LogP contribution in [-0.2, 0) is 0 Å². The molecule has 20 heavy (non-hydrogen) atoms. The van der Waals surface area contributed by atoms with Gasteiger partial charge in [0.15, 0.2) is 0 Å². The van der Waals surface area contributed by atoms with Crippen molar-refractivity contribution in [1.82, 2.24) is 9.97 Å². The van der Waals surface area contributed by atoms with Crippen molar-refractivity contribution in [3.05, 3.63) is 60.2 Å². The zero-order chi connectivity index (χ0) is 14.1. The predicted molar refractivity (Wildman–Crippen MR) is 69.1 cm³/mol. The van der Waals surface area contributed by atoms with Gasteiger partial charge in [-0.15, -0.1) is 0 Å². The van der Waals surface area contributed by atoms with Gasteiger partial charge in [0.1, 0.15) is 40.8 Å². The number of rotatable bonds is 2. The van der Waals surface area contributed by atoms with Gasteiger partial charge in [-0.05, 0) is 24.3 Å². The van der Waals surface area contributed by atoms with Crippen LogP contribution in [0.15, 0.2) is 42.7 Å². The van der Waals surface area contributed by atoms with Crippen LogP contribution in [0.4, 0.5) is 24.7 Å². The summed E-state index contributed by atoms with van der Waals surface area (Å²) in [5, 5.41) is 2.89. The van der Waals surface area contributed by atoms with E-state index in [0.29, 0.717) is 5.39 Å².